The van der Waals surface area contributed by atoms with Gasteiger partial charge in [0, 0.05) is 24.7 Å². The summed E-state index contributed by atoms with van der Waals surface area (Å²) in [5.41, 5.74) is 3.58. The quantitative estimate of drug-likeness (QED) is 0.788. The molecule has 24 heavy (non-hydrogen) atoms. The summed E-state index contributed by atoms with van der Waals surface area (Å²) in [4.78, 5) is 19.3. The third-order valence-electron chi connectivity index (χ3n) is 4.26. The fourth-order valence-electron chi connectivity index (χ4n) is 3.16. The van der Waals surface area contributed by atoms with E-state index in [4.69, 9.17) is 0 Å². The van der Waals surface area contributed by atoms with Gasteiger partial charge in [-0.2, -0.15) is 0 Å². The predicted octanol–water partition coefficient (Wildman–Crippen LogP) is 3.84. The molecule has 0 aliphatic carbocycles. The van der Waals surface area contributed by atoms with Gasteiger partial charge < -0.3 is 5.32 Å². The molecule has 1 N–H and O–H groups in total. The van der Waals surface area contributed by atoms with Crippen LogP contribution in [0.5, 0.6) is 0 Å². The van der Waals surface area contributed by atoms with Crippen LogP contribution >= 0.6 is 11.3 Å². The topological polar surface area (TPSA) is 45.2 Å². The molecule has 0 bridgehead atoms. The maximum Gasteiger partial charge on any atom is 0.248 e. The van der Waals surface area contributed by atoms with E-state index in [0.717, 1.165) is 18.7 Å². The SMILES string of the molecule is O=C(Nc1nccs1)C(c1ccccc1)N1Cc2ccccc2C1. The maximum absolute atomic E-state index is 13.0. The van der Waals surface area contributed by atoms with Crippen molar-refractivity contribution in [3.8, 4) is 0 Å². The number of thiazole rings is 1. The highest BCUT2D eigenvalue weighted by Crippen LogP contribution is 2.32. The summed E-state index contributed by atoms with van der Waals surface area (Å²) in [6.07, 6.45) is 1.70. The minimum Gasteiger partial charge on any atom is -0.300 e. The molecule has 1 unspecified atom stereocenters. The van der Waals surface area contributed by atoms with Crippen LogP contribution in [0.4, 0.5) is 5.13 Å². The molecule has 1 atom stereocenters. The van der Waals surface area contributed by atoms with Crippen LogP contribution in [-0.2, 0) is 17.9 Å². The summed E-state index contributed by atoms with van der Waals surface area (Å²) in [5.74, 6) is -0.0380. The van der Waals surface area contributed by atoms with Gasteiger partial charge >= 0.3 is 0 Å². The summed E-state index contributed by atoms with van der Waals surface area (Å²) < 4.78 is 0. The lowest BCUT2D eigenvalue weighted by Crippen LogP contribution is -2.34. The Hall–Kier alpha value is -2.50. The van der Waals surface area contributed by atoms with Gasteiger partial charge in [0.2, 0.25) is 5.91 Å². The number of nitrogens with one attached hydrogen (secondary N) is 1. The van der Waals surface area contributed by atoms with Crippen LogP contribution in [0.2, 0.25) is 0 Å². The number of benzene rings is 2. The molecular weight excluding hydrogens is 318 g/mol. The fourth-order valence-corrected chi connectivity index (χ4v) is 3.70. The van der Waals surface area contributed by atoms with Gasteiger partial charge in [-0.15, -0.1) is 11.3 Å². The summed E-state index contributed by atoms with van der Waals surface area (Å²) in [5, 5.41) is 5.45. The van der Waals surface area contributed by atoms with E-state index in [0.29, 0.717) is 5.13 Å². The van der Waals surface area contributed by atoms with Gasteiger partial charge in [0.1, 0.15) is 6.04 Å². The Balaban J connectivity index is 1.63. The normalized spacial score (nSPS) is 15.0. The summed E-state index contributed by atoms with van der Waals surface area (Å²) in [6.45, 7) is 1.56. The number of amides is 1. The second kappa shape index (κ2) is 6.55. The van der Waals surface area contributed by atoms with Gasteiger partial charge in [0.05, 0.1) is 0 Å². The molecule has 1 aliphatic rings. The zero-order valence-corrected chi connectivity index (χ0v) is 13.9. The molecule has 4 rings (SSSR count). The van der Waals surface area contributed by atoms with Crippen molar-refractivity contribution < 1.29 is 4.79 Å². The number of rotatable bonds is 4. The molecule has 4 nitrogen and oxygen atoms in total. The van der Waals surface area contributed by atoms with Crippen molar-refractivity contribution in [1.29, 1.82) is 0 Å². The number of carbonyl (C=O) groups excluding carboxylic acids is 1. The highest BCUT2D eigenvalue weighted by atomic mass is 32.1. The first-order valence-corrected chi connectivity index (χ1v) is 8.75. The largest absolute Gasteiger partial charge is 0.300 e. The second-order valence-electron chi connectivity index (χ2n) is 5.81. The Bertz CT molecular complexity index is 808. The van der Waals surface area contributed by atoms with Crippen LogP contribution in [-0.4, -0.2) is 15.8 Å². The van der Waals surface area contributed by atoms with E-state index in [2.05, 4.69) is 39.5 Å². The first kappa shape index (κ1) is 15.1. The average Bonchev–Trinajstić information content (AvgIpc) is 3.25. The predicted molar refractivity (Wildman–Crippen MR) is 95.6 cm³/mol. The summed E-state index contributed by atoms with van der Waals surface area (Å²) in [7, 11) is 0. The van der Waals surface area contributed by atoms with Crippen LogP contribution in [0.15, 0.2) is 66.2 Å². The second-order valence-corrected chi connectivity index (χ2v) is 6.71. The number of hydrogen-bond acceptors (Lipinski definition) is 4. The third kappa shape index (κ3) is 2.96. The number of nitrogens with zero attached hydrogens (tertiary/aromatic N) is 2. The Morgan fingerprint density at radius 2 is 1.71 bits per heavy atom. The van der Waals surface area contributed by atoms with Crippen molar-refractivity contribution in [2.75, 3.05) is 5.32 Å². The molecule has 2 heterocycles. The molecule has 1 aromatic heterocycles. The molecule has 1 amide bonds. The van der Waals surface area contributed by atoms with E-state index in [1.807, 2.05) is 35.7 Å². The van der Waals surface area contributed by atoms with Crippen LogP contribution < -0.4 is 5.32 Å². The van der Waals surface area contributed by atoms with Gasteiger partial charge in [-0.3, -0.25) is 9.69 Å². The van der Waals surface area contributed by atoms with E-state index in [9.17, 15) is 4.79 Å². The molecular formula is C19H17N3OS. The first-order chi connectivity index (χ1) is 11.8. The number of hydrogen-bond donors (Lipinski definition) is 1. The van der Waals surface area contributed by atoms with Crippen molar-refractivity contribution in [3.63, 3.8) is 0 Å². The summed E-state index contributed by atoms with van der Waals surface area (Å²) in [6, 6.07) is 18.0. The average molecular weight is 335 g/mol. The monoisotopic (exact) mass is 335 g/mol. The Labute approximate surface area is 144 Å². The Morgan fingerprint density at radius 3 is 2.33 bits per heavy atom. The first-order valence-electron chi connectivity index (χ1n) is 7.87. The van der Waals surface area contributed by atoms with Crippen molar-refractivity contribution in [3.05, 3.63) is 82.9 Å². The highest BCUT2D eigenvalue weighted by molar-refractivity contribution is 7.13. The number of aromatic nitrogens is 1. The van der Waals surface area contributed by atoms with Crippen LogP contribution in [0.1, 0.15) is 22.7 Å². The zero-order valence-electron chi connectivity index (χ0n) is 13.1. The standard InChI is InChI=1S/C19H17N3OS/c23-18(21-19-20-10-11-24-19)17(14-6-2-1-3-7-14)22-12-15-8-4-5-9-16(15)13-22/h1-11,17H,12-13H2,(H,20,21,23). The lowest BCUT2D eigenvalue weighted by molar-refractivity contribution is -0.121. The maximum atomic E-state index is 13.0. The van der Waals surface area contributed by atoms with Gasteiger partial charge in [-0.25, -0.2) is 4.98 Å². The highest BCUT2D eigenvalue weighted by Gasteiger charge is 2.32. The molecule has 2 aromatic carbocycles. The molecule has 0 saturated carbocycles. The van der Waals surface area contributed by atoms with Gasteiger partial charge in [-0.05, 0) is 16.7 Å². The lowest BCUT2D eigenvalue weighted by atomic mass is 10.0. The van der Waals surface area contributed by atoms with Crippen molar-refractivity contribution in [1.82, 2.24) is 9.88 Å². The van der Waals surface area contributed by atoms with Gasteiger partial charge in [0.15, 0.2) is 5.13 Å². The minimum absolute atomic E-state index is 0.0380. The molecule has 3 aromatic rings. The molecule has 5 heteroatoms. The summed E-state index contributed by atoms with van der Waals surface area (Å²) >= 11 is 1.43. The lowest BCUT2D eigenvalue weighted by Gasteiger charge is -2.26. The van der Waals surface area contributed by atoms with Gasteiger partial charge in [-0.1, -0.05) is 54.6 Å². The molecule has 1 aliphatic heterocycles. The van der Waals surface area contributed by atoms with E-state index >= 15 is 0 Å². The van der Waals surface area contributed by atoms with Crippen molar-refractivity contribution >= 4 is 22.4 Å². The Morgan fingerprint density at radius 1 is 1.04 bits per heavy atom. The number of carbonyl (C=O) groups is 1. The van der Waals surface area contributed by atoms with Crippen molar-refractivity contribution in [2.24, 2.45) is 0 Å². The van der Waals surface area contributed by atoms with E-state index in [-0.39, 0.29) is 11.9 Å². The fraction of sp³-hybridized carbons (Fsp3) is 0.158. The van der Waals surface area contributed by atoms with Crippen LogP contribution in [0.3, 0.4) is 0 Å². The van der Waals surface area contributed by atoms with Gasteiger partial charge in [0.25, 0.3) is 0 Å². The van der Waals surface area contributed by atoms with Crippen LogP contribution in [0.25, 0.3) is 0 Å². The smallest absolute Gasteiger partial charge is 0.248 e. The van der Waals surface area contributed by atoms with E-state index in [1.165, 1.54) is 22.5 Å². The molecule has 0 saturated heterocycles. The number of anilines is 1. The molecule has 0 radical (unpaired) electrons. The zero-order chi connectivity index (χ0) is 16.4. The number of fused-ring (bicyclic) bond motifs is 1. The van der Waals surface area contributed by atoms with E-state index < -0.39 is 0 Å². The minimum atomic E-state index is -0.331. The third-order valence-corrected chi connectivity index (χ3v) is 4.95. The molecule has 0 fully saturated rings. The van der Waals surface area contributed by atoms with Crippen LogP contribution in [0, 0.1) is 0 Å². The Kier molecular flexibility index (Phi) is 4.11. The molecule has 0 spiro atoms. The van der Waals surface area contributed by atoms with E-state index in [1.54, 1.807) is 6.20 Å². The van der Waals surface area contributed by atoms with Crippen molar-refractivity contribution in [2.45, 2.75) is 19.1 Å². The molecule has 120 valence electrons.